The van der Waals surface area contributed by atoms with Gasteiger partial charge in [-0.05, 0) is 31.3 Å². The highest BCUT2D eigenvalue weighted by Gasteiger charge is 2.17. The fourth-order valence-electron chi connectivity index (χ4n) is 3.60. The van der Waals surface area contributed by atoms with Gasteiger partial charge in [-0.15, -0.1) is 0 Å². The average molecular weight is 529 g/mol. The Morgan fingerprint density at radius 1 is 1.14 bits per heavy atom. The first-order chi connectivity index (χ1) is 17.3. The summed E-state index contributed by atoms with van der Waals surface area (Å²) in [6.07, 6.45) is 1.44. The number of halogens is 2. The number of aromatic nitrogens is 2. The van der Waals surface area contributed by atoms with Gasteiger partial charge in [0.15, 0.2) is 0 Å². The number of anilines is 4. The van der Waals surface area contributed by atoms with Crippen molar-refractivity contribution in [1.82, 2.24) is 14.9 Å². The number of carbonyl (C=O) groups is 1. The number of nitrogens with one attached hydrogen (secondary N) is 2. The summed E-state index contributed by atoms with van der Waals surface area (Å²) < 4.78 is 11.5. The number of likely N-dealkylation sites (N-methyl/N-ethyl adjacent to an activating group) is 1. The van der Waals surface area contributed by atoms with E-state index in [-0.39, 0.29) is 21.9 Å². The number of nitrogens with zero attached hydrogens (tertiary/aromatic N) is 4. The molecule has 2 heterocycles. The van der Waals surface area contributed by atoms with Gasteiger partial charge in [0.2, 0.25) is 11.8 Å². The lowest BCUT2D eigenvalue weighted by atomic mass is 10.2. The summed E-state index contributed by atoms with van der Waals surface area (Å²) >= 11 is 11.9. The molecule has 11 heteroatoms. The maximum Gasteiger partial charge on any atom is 0.266 e. The van der Waals surface area contributed by atoms with Gasteiger partial charge in [0.25, 0.3) is 5.91 Å². The van der Waals surface area contributed by atoms with Crippen LogP contribution >= 0.6 is 23.2 Å². The van der Waals surface area contributed by atoms with E-state index < -0.39 is 5.91 Å². The number of amides is 1. The van der Waals surface area contributed by atoms with E-state index in [1.807, 2.05) is 18.2 Å². The van der Waals surface area contributed by atoms with E-state index in [9.17, 15) is 4.79 Å². The molecule has 4 rings (SSSR count). The van der Waals surface area contributed by atoms with Crippen LogP contribution in [0.3, 0.4) is 0 Å². The van der Waals surface area contributed by atoms with Crippen LogP contribution in [0.15, 0.2) is 60.3 Å². The largest absolute Gasteiger partial charge is 0.494 e. The van der Waals surface area contributed by atoms with Crippen molar-refractivity contribution in [1.29, 1.82) is 0 Å². The highest BCUT2D eigenvalue weighted by atomic mass is 35.5. The van der Waals surface area contributed by atoms with Crippen molar-refractivity contribution in [2.45, 2.75) is 0 Å². The Morgan fingerprint density at radius 2 is 1.92 bits per heavy atom. The Balaban J connectivity index is 1.50. The van der Waals surface area contributed by atoms with Crippen molar-refractivity contribution in [2.75, 3.05) is 55.9 Å². The zero-order chi connectivity index (χ0) is 25.7. The molecule has 0 saturated carbocycles. The molecule has 0 aliphatic carbocycles. The molecule has 0 unspecified atom stereocenters. The van der Waals surface area contributed by atoms with Gasteiger partial charge in [0, 0.05) is 49.7 Å². The summed E-state index contributed by atoms with van der Waals surface area (Å²) in [4.78, 5) is 25.1. The molecule has 1 fully saturated rings. The van der Waals surface area contributed by atoms with Gasteiger partial charge >= 0.3 is 0 Å². The molecule has 1 aliphatic heterocycles. The molecule has 3 aromatic rings. The standard InChI is InChI=1S/C25H26Cl2N6O3/c1-16(26)23(34)29-17-5-4-6-19(13-17)36-24-20(27)15-28-25(31-24)30-21-8-7-18(14-22(21)35-3)33-11-9-32(2)10-12-33/h4-8,13-15H,1,9-12H2,2-3H3,(H,29,34)(H,28,30,31). The molecule has 9 nitrogen and oxygen atoms in total. The van der Waals surface area contributed by atoms with Crippen LogP contribution in [0, 0.1) is 0 Å². The number of piperazine rings is 1. The molecule has 2 aromatic carbocycles. The van der Waals surface area contributed by atoms with Crippen molar-refractivity contribution < 1.29 is 14.3 Å². The van der Waals surface area contributed by atoms with Crippen LogP contribution in [0.5, 0.6) is 17.4 Å². The van der Waals surface area contributed by atoms with E-state index in [2.05, 4.69) is 44.0 Å². The monoisotopic (exact) mass is 528 g/mol. The summed E-state index contributed by atoms with van der Waals surface area (Å²) in [5.41, 5.74) is 2.28. The summed E-state index contributed by atoms with van der Waals surface area (Å²) in [5, 5.41) is 5.89. The highest BCUT2D eigenvalue weighted by Crippen LogP contribution is 2.34. The summed E-state index contributed by atoms with van der Waals surface area (Å²) in [7, 11) is 3.75. The van der Waals surface area contributed by atoms with Crippen molar-refractivity contribution in [3.8, 4) is 17.4 Å². The molecule has 0 bridgehead atoms. The second-order valence-corrected chi connectivity index (χ2v) is 9.00. The fraction of sp³-hybridized carbons (Fsp3) is 0.240. The number of benzene rings is 2. The van der Waals surface area contributed by atoms with Gasteiger partial charge in [-0.1, -0.05) is 35.8 Å². The van der Waals surface area contributed by atoms with Gasteiger partial charge in [-0.25, -0.2) is 4.98 Å². The second kappa shape index (κ2) is 11.5. The predicted molar refractivity (Wildman–Crippen MR) is 143 cm³/mol. The van der Waals surface area contributed by atoms with E-state index in [0.29, 0.717) is 22.9 Å². The van der Waals surface area contributed by atoms with E-state index >= 15 is 0 Å². The SMILES string of the molecule is C=C(Cl)C(=O)Nc1cccc(Oc2nc(Nc3ccc(N4CCN(C)CC4)cc3OC)ncc2Cl)c1. The molecule has 36 heavy (non-hydrogen) atoms. The van der Waals surface area contributed by atoms with Crippen LogP contribution in [0.2, 0.25) is 5.02 Å². The topological polar surface area (TPSA) is 91.8 Å². The summed E-state index contributed by atoms with van der Waals surface area (Å²) in [6, 6.07) is 12.7. The first kappa shape index (κ1) is 25.6. The van der Waals surface area contributed by atoms with Gasteiger partial charge in [0.1, 0.15) is 16.5 Å². The lowest BCUT2D eigenvalue weighted by Crippen LogP contribution is -2.44. The predicted octanol–water partition coefficient (Wildman–Crippen LogP) is 5.12. The smallest absolute Gasteiger partial charge is 0.266 e. The third-order valence-corrected chi connectivity index (χ3v) is 6.00. The van der Waals surface area contributed by atoms with Crippen LogP contribution < -0.4 is 25.0 Å². The third-order valence-electron chi connectivity index (χ3n) is 5.56. The summed E-state index contributed by atoms with van der Waals surface area (Å²) in [6.45, 7) is 7.35. The van der Waals surface area contributed by atoms with Crippen molar-refractivity contribution >= 4 is 52.1 Å². The number of carbonyl (C=O) groups excluding carboxylic acids is 1. The van der Waals surface area contributed by atoms with Crippen LogP contribution in [0.25, 0.3) is 0 Å². The number of rotatable bonds is 8. The van der Waals surface area contributed by atoms with Gasteiger partial charge in [-0.2, -0.15) is 4.98 Å². The van der Waals surface area contributed by atoms with Gasteiger partial charge in [0.05, 0.1) is 24.0 Å². The van der Waals surface area contributed by atoms with Crippen molar-refractivity contribution in [3.63, 3.8) is 0 Å². The number of hydrogen-bond acceptors (Lipinski definition) is 8. The van der Waals surface area contributed by atoms with Crippen molar-refractivity contribution in [3.05, 3.63) is 65.3 Å². The van der Waals surface area contributed by atoms with Gasteiger partial charge in [-0.3, -0.25) is 4.79 Å². The minimum atomic E-state index is -0.507. The zero-order valence-electron chi connectivity index (χ0n) is 19.9. The normalized spacial score (nSPS) is 13.7. The Bertz CT molecular complexity index is 1260. The molecule has 1 aromatic heterocycles. The van der Waals surface area contributed by atoms with E-state index in [0.717, 1.165) is 31.9 Å². The molecule has 0 atom stereocenters. The lowest BCUT2D eigenvalue weighted by Gasteiger charge is -2.34. The van der Waals surface area contributed by atoms with Crippen LogP contribution in [0.4, 0.5) is 23.0 Å². The van der Waals surface area contributed by atoms with Crippen molar-refractivity contribution in [2.24, 2.45) is 0 Å². The minimum absolute atomic E-state index is 0.122. The Labute approximate surface area is 219 Å². The fourth-order valence-corrected chi connectivity index (χ4v) is 3.77. The Hall–Kier alpha value is -3.53. The molecule has 188 valence electrons. The maximum atomic E-state index is 11.8. The first-order valence-corrected chi connectivity index (χ1v) is 11.9. The Kier molecular flexibility index (Phi) is 8.14. The number of hydrogen-bond donors (Lipinski definition) is 2. The number of ether oxygens (including phenoxy) is 2. The van der Waals surface area contributed by atoms with Crippen LogP contribution in [0.1, 0.15) is 0 Å². The molecular formula is C25H26Cl2N6O3. The zero-order valence-corrected chi connectivity index (χ0v) is 21.4. The number of methoxy groups -OCH3 is 1. The van der Waals surface area contributed by atoms with Crippen LogP contribution in [-0.4, -0.2) is 61.1 Å². The quantitative estimate of drug-likeness (QED) is 0.389. The van der Waals surface area contributed by atoms with Gasteiger partial charge < -0.3 is 29.9 Å². The summed E-state index contributed by atoms with van der Waals surface area (Å²) in [5.74, 6) is 0.994. The third kappa shape index (κ3) is 6.37. The molecular weight excluding hydrogens is 503 g/mol. The molecule has 2 N–H and O–H groups in total. The molecule has 0 spiro atoms. The minimum Gasteiger partial charge on any atom is -0.494 e. The van der Waals surface area contributed by atoms with Crippen LogP contribution in [-0.2, 0) is 4.79 Å². The molecule has 0 radical (unpaired) electrons. The maximum absolute atomic E-state index is 11.8. The highest BCUT2D eigenvalue weighted by molar-refractivity contribution is 6.43. The molecule has 1 saturated heterocycles. The van der Waals surface area contributed by atoms with E-state index in [1.165, 1.54) is 6.20 Å². The lowest BCUT2D eigenvalue weighted by molar-refractivity contribution is -0.112. The average Bonchev–Trinajstić information content (AvgIpc) is 2.87. The molecule has 1 amide bonds. The Morgan fingerprint density at radius 3 is 2.64 bits per heavy atom. The second-order valence-electron chi connectivity index (χ2n) is 8.14. The molecule has 1 aliphatic rings. The first-order valence-electron chi connectivity index (χ1n) is 11.2. The van der Waals surface area contributed by atoms with E-state index in [1.54, 1.807) is 31.4 Å². The van der Waals surface area contributed by atoms with E-state index in [4.69, 9.17) is 32.7 Å².